The lowest BCUT2D eigenvalue weighted by Crippen LogP contribution is -1.93. The molecule has 0 saturated heterocycles. The van der Waals surface area contributed by atoms with Crippen LogP contribution in [0.4, 0.5) is 5.82 Å². The summed E-state index contributed by atoms with van der Waals surface area (Å²) in [6, 6.07) is 11.5. The molecule has 80 valence electrons. The van der Waals surface area contributed by atoms with Crippen molar-refractivity contribution in [1.82, 2.24) is 4.98 Å². The lowest BCUT2D eigenvalue weighted by Gasteiger charge is -2.00. The third-order valence-electron chi connectivity index (χ3n) is 2.28. The molecular formula is C13H12N2O. The van der Waals surface area contributed by atoms with Crippen LogP contribution in [0.25, 0.3) is 0 Å². The number of aliphatic imine (C=N–C) groups is 1. The molecular weight excluding hydrogens is 200 g/mol. The highest BCUT2D eigenvalue weighted by Gasteiger charge is 1.97. The van der Waals surface area contributed by atoms with Crippen molar-refractivity contribution in [2.45, 2.75) is 6.42 Å². The van der Waals surface area contributed by atoms with Crippen LogP contribution in [0.15, 0.2) is 47.6 Å². The summed E-state index contributed by atoms with van der Waals surface area (Å²) in [5.41, 5.74) is 1.97. The minimum Gasteiger partial charge on any atom is -0.347 e. The molecule has 1 aromatic carbocycles. The quantitative estimate of drug-likeness (QED) is 0.614. The van der Waals surface area contributed by atoms with E-state index in [9.17, 15) is 4.79 Å². The highest BCUT2D eigenvalue weighted by Crippen LogP contribution is 2.10. The van der Waals surface area contributed by atoms with Crippen LogP contribution in [0.1, 0.15) is 11.1 Å². The summed E-state index contributed by atoms with van der Waals surface area (Å²) in [6.07, 6.45) is 4.92. The summed E-state index contributed by atoms with van der Waals surface area (Å²) < 4.78 is 0. The van der Waals surface area contributed by atoms with Crippen molar-refractivity contribution in [2.24, 2.45) is 4.99 Å². The predicted molar refractivity (Wildman–Crippen MR) is 64.3 cm³/mol. The second-order valence-corrected chi connectivity index (χ2v) is 3.38. The fraction of sp³-hybridized carbons (Fsp3) is 0.0769. The number of aromatic amines is 1. The van der Waals surface area contributed by atoms with Crippen LogP contribution in [0.2, 0.25) is 0 Å². The molecule has 1 N–H and O–H groups in total. The molecule has 2 aromatic rings. The Labute approximate surface area is 93.8 Å². The third kappa shape index (κ3) is 2.45. The van der Waals surface area contributed by atoms with Crippen molar-refractivity contribution >= 4 is 18.3 Å². The van der Waals surface area contributed by atoms with Crippen molar-refractivity contribution in [1.29, 1.82) is 0 Å². The standard InChI is InChI=1S/C13H12N2O/c16-9-7-11-4-1-2-5-12(11)10-15-13-6-3-8-14-13/h1-6,8-10,14H,7H2. The largest absolute Gasteiger partial charge is 0.347 e. The molecule has 0 bridgehead atoms. The van der Waals surface area contributed by atoms with Gasteiger partial charge in [0.1, 0.15) is 12.1 Å². The SMILES string of the molecule is O=CCc1ccccc1C=Nc1ccc[nH]1. The van der Waals surface area contributed by atoms with Gasteiger partial charge >= 0.3 is 0 Å². The van der Waals surface area contributed by atoms with Gasteiger partial charge in [0.2, 0.25) is 0 Å². The molecule has 1 heterocycles. The second kappa shape index (κ2) is 5.07. The van der Waals surface area contributed by atoms with E-state index in [0.717, 1.165) is 23.2 Å². The molecule has 0 amide bonds. The van der Waals surface area contributed by atoms with Crippen LogP contribution >= 0.6 is 0 Å². The smallest absolute Gasteiger partial charge is 0.129 e. The molecule has 3 heteroatoms. The fourth-order valence-electron chi connectivity index (χ4n) is 1.48. The van der Waals surface area contributed by atoms with Gasteiger partial charge in [-0.25, -0.2) is 4.99 Å². The van der Waals surface area contributed by atoms with Crippen LogP contribution in [0.5, 0.6) is 0 Å². The van der Waals surface area contributed by atoms with E-state index in [-0.39, 0.29) is 0 Å². The first-order chi connectivity index (χ1) is 7.90. The van der Waals surface area contributed by atoms with Crippen LogP contribution in [-0.4, -0.2) is 17.5 Å². The number of aromatic nitrogens is 1. The lowest BCUT2D eigenvalue weighted by molar-refractivity contribution is -0.107. The number of nitrogens with one attached hydrogen (secondary N) is 1. The van der Waals surface area contributed by atoms with Gasteiger partial charge in [0.15, 0.2) is 0 Å². The Kier molecular flexibility index (Phi) is 3.28. The molecule has 1 aromatic heterocycles. The maximum absolute atomic E-state index is 10.5. The van der Waals surface area contributed by atoms with Gasteiger partial charge in [0, 0.05) is 18.8 Å². The van der Waals surface area contributed by atoms with Crippen molar-refractivity contribution in [3.63, 3.8) is 0 Å². The summed E-state index contributed by atoms with van der Waals surface area (Å²) in [4.78, 5) is 17.8. The maximum atomic E-state index is 10.5. The summed E-state index contributed by atoms with van der Waals surface area (Å²) in [5.74, 6) is 0.806. The first-order valence-electron chi connectivity index (χ1n) is 5.09. The number of hydrogen-bond donors (Lipinski definition) is 1. The van der Waals surface area contributed by atoms with Crippen LogP contribution in [0.3, 0.4) is 0 Å². The van der Waals surface area contributed by atoms with E-state index in [1.807, 2.05) is 42.6 Å². The zero-order valence-electron chi connectivity index (χ0n) is 8.76. The lowest BCUT2D eigenvalue weighted by atomic mass is 10.1. The summed E-state index contributed by atoms with van der Waals surface area (Å²) >= 11 is 0. The van der Waals surface area contributed by atoms with Gasteiger partial charge < -0.3 is 9.78 Å². The summed E-state index contributed by atoms with van der Waals surface area (Å²) in [6.45, 7) is 0. The number of nitrogens with zero attached hydrogens (tertiary/aromatic N) is 1. The van der Waals surface area contributed by atoms with Gasteiger partial charge in [-0.3, -0.25) is 0 Å². The monoisotopic (exact) mass is 212 g/mol. The molecule has 3 nitrogen and oxygen atoms in total. The molecule has 0 fully saturated rings. The van der Waals surface area contributed by atoms with Crippen molar-refractivity contribution < 1.29 is 4.79 Å². The van der Waals surface area contributed by atoms with Crippen LogP contribution < -0.4 is 0 Å². The normalized spacial score (nSPS) is 10.8. The van der Waals surface area contributed by atoms with Gasteiger partial charge in [-0.2, -0.15) is 0 Å². The van der Waals surface area contributed by atoms with Crippen molar-refractivity contribution in [3.8, 4) is 0 Å². The van der Waals surface area contributed by atoms with Gasteiger partial charge in [-0.1, -0.05) is 24.3 Å². The van der Waals surface area contributed by atoms with E-state index in [4.69, 9.17) is 0 Å². The topological polar surface area (TPSA) is 45.2 Å². The Balaban J connectivity index is 2.23. The van der Waals surface area contributed by atoms with Crippen molar-refractivity contribution in [2.75, 3.05) is 0 Å². The Morgan fingerprint density at radius 3 is 2.81 bits per heavy atom. The first-order valence-corrected chi connectivity index (χ1v) is 5.09. The summed E-state index contributed by atoms with van der Waals surface area (Å²) in [5, 5.41) is 0. The third-order valence-corrected chi connectivity index (χ3v) is 2.28. The van der Waals surface area contributed by atoms with E-state index in [2.05, 4.69) is 9.98 Å². The molecule has 0 atom stereocenters. The number of rotatable bonds is 4. The number of hydrogen-bond acceptors (Lipinski definition) is 2. The van der Waals surface area contributed by atoms with E-state index in [0.29, 0.717) is 6.42 Å². The number of carbonyl (C=O) groups is 1. The Morgan fingerprint density at radius 2 is 2.06 bits per heavy atom. The van der Waals surface area contributed by atoms with E-state index in [1.54, 1.807) is 6.21 Å². The Bertz CT molecular complexity index is 486. The second-order valence-electron chi connectivity index (χ2n) is 3.38. The average Bonchev–Trinajstić information content (AvgIpc) is 2.81. The molecule has 0 aliphatic rings. The molecule has 16 heavy (non-hydrogen) atoms. The molecule has 0 unspecified atom stereocenters. The molecule has 0 aliphatic carbocycles. The van der Waals surface area contributed by atoms with Gasteiger partial charge in [-0.15, -0.1) is 0 Å². The van der Waals surface area contributed by atoms with Gasteiger partial charge in [0.05, 0.1) is 0 Å². The predicted octanol–water partition coefficient (Wildman–Crippen LogP) is 2.51. The number of aldehydes is 1. The van der Waals surface area contributed by atoms with E-state index < -0.39 is 0 Å². The molecule has 0 radical (unpaired) electrons. The van der Waals surface area contributed by atoms with Gasteiger partial charge in [0.25, 0.3) is 0 Å². The zero-order chi connectivity index (χ0) is 11.2. The van der Waals surface area contributed by atoms with Gasteiger partial charge in [-0.05, 0) is 23.3 Å². The molecule has 2 rings (SSSR count). The van der Waals surface area contributed by atoms with Crippen LogP contribution in [-0.2, 0) is 11.2 Å². The highest BCUT2D eigenvalue weighted by molar-refractivity contribution is 5.84. The maximum Gasteiger partial charge on any atom is 0.129 e. The number of benzene rings is 1. The number of carbonyl (C=O) groups excluding carboxylic acids is 1. The minimum atomic E-state index is 0.424. The summed E-state index contributed by atoms with van der Waals surface area (Å²) in [7, 11) is 0. The Morgan fingerprint density at radius 1 is 1.19 bits per heavy atom. The highest BCUT2D eigenvalue weighted by atomic mass is 16.1. The van der Waals surface area contributed by atoms with Crippen LogP contribution in [0, 0.1) is 0 Å². The Hall–Kier alpha value is -2.16. The molecule has 0 saturated carbocycles. The first kappa shape index (κ1) is 10.4. The average molecular weight is 212 g/mol. The van der Waals surface area contributed by atoms with E-state index >= 15 is 0 Å². The molecule has 0 aliphatic heterocycles. The minimum absolute atomic E-state index is 0.424. The zero-order valence-corrected chi connectivity index (χ0v) is 8.76. The number of H-pyrrole nitrogens is 1. The van der Waals surface area contributed by atoms with E-state index in [1.165, 1.54) is 0 Å². The molecule has 0 spiro atoms. The van der Waals surface area contributed by atoms with Crippen molar-refractivity contribution in [3.05, 3.63) is 53.7 Å². The fourth-order valence-corrected chi connectivity index (χ4v) is 1.48.